The average Bonchev–Trinajstić information content (AvgIpc) is 3.02. The second-order valence-corrected chi connectivity index (χ2v) is 6.98. The summed E-state index contributed by atoms with van der Waals surface area (Å²) in [5, 5.41) is 22.8. The molecule has 2 aromatic rings. The van der Waals surface area contributed by atoms with Crippen LogP contribution in [0.2, 0.25) is 0 Å². The fraction of sp³-hybridized carbons (Fsp3) is 0.304. The number of hydrogen-bond donors (Lipinski definition) is 3. The van der Waals surface area contributed by atoms with Crippen molar-refractivity contribution in [2.45, 2.75) is 13.0 Å². The Hall–Kier alpha value is -3.23. The number of rotatable bonds is 9. The lowest BCUT2D eigenvalue weighted by Gasteiger charge is -2.25. The number of nitrogens with zero attached hydrogens (tertiary/aromatic N) is 1. The Morgan fingerprint density at radius 3 is 2.39 bits per heavy atom. The maximum atomic E-state index is 13.3. The third kappa shape index (κ3) is 4.92. The molecule has 1 fully saturated rings. The van der Waals surface area contributed by atoms with E-state index in [1.807, 2.05) is 6.92 Å². The molecule has 1 saturated heterocycles. The number of carbonyl (C=O) groups excluding carboxylic acids is 2. The van der Waals surface area contributed by atoms with Crippen molar-refractivity contribution >= 4 is 17.4 Å². The largest absolute Gasteiger partial charge is 0.507 e. The van der Waals surface area contributed by atoms with Crippen molar-refractivity contribution in [3.05, 3.63) is 71.0 Å². The van der Waals surface area contributed by atoms with Crippen LogP contribution in [0.25, 0.3) is 5.76 Å². The number of carbonyl (C=O) groups is 2. The summed E-state index contributed by atoms with van der Waals surface area (Å²) in [4.78, 5) is 27.0. The van der Waals surface area contributed by atoms with Crippen molar-refractivity contribution in [2.75, 3.05) is 32.8 Å². The fourth-order valence-corrected chi connectivity index (χ4v) is 3.54. The molecule has 3 N–H and O–H groups in total. The van der Waals surface area contributed by atoms with E-state index in [4.69, 9.17) is 9.84 Å². The van der Waals surface area contributed by atoms with Crippen LogP contribution in [-0.2, 0) is 9.59 Å². The van der Waals surface area contributed by atoms with Crippen LogP contribution in [-0.4, -0.2) is 59.7 Å². The molecule has 0 unspecified atom stereocenters. The quantitative estimate of drug-likeness (QED) is 0.245. The van der Waals surface area contributed by atoms with E-state index in [-0.39, 0.29) is 30.0 Å². The van der Waals surface area contributed by atoms with Crippen molar-refractivity contribution < 1.29 is 28.9 Å². The summed E-state index contributed by atoms with van der Waals surface area (Å²) in [5.74, 6) is -1.72. The lowest BCUT2D eigenvalue weighted by atomic mass is 9.95. The Kier molecular flexibility index (Phi) is 7.38. The van der Waals surface area contributed by atoms with Gasteiger partial charge in [-0.25, -0.2) is 4.39 Å². The van der Waals surface area contributed by atoms with E-state index in [0.717, 1.165) is 0 Å². The molecule has 8 heteroatoms. The summed E-state index contributed by atoms with van der Waals surface area (Å²) in [5.41, 5.74) is 0.824. The van der Waals surface area contributed by atoms with Gasteiger partial charge in [0, 0.05) is 25.2 Å². The minimum absolute atomic E-state index is 0.0499. The molecule has 0 bridgehead atoms. The van der Waals surface area contributed by atoms with Crippen LogP contribution in [0.5, 0.6) is 5.75 Å². The van der Waals surface area contributed by atoms with Crippen molar-refractivity contribution in [3.63, 3.8) is 0 Å². The van der Waals surface area contributed by atoms with Gasteiger partial charge in [-0.2, -0.15) is 0 Å². The van der Waals surface area contributed by atoms with Gasteiger partial charge < -0.3 is 25.2 Å². The van der Waals surface area contributed by atoms with E-state index in [2.05, 4.69) is 5.32 Å². The Labute approximate surface area is 179 Å². The number of nitrogens with one attached hydrogen (secondary N) is 1. The smallest absolute Gasteiger partial charge is 0.295 e. The van der Waals surface area contributed by atoms with Crippen molar-refractivity contribution in [1.82, 2.24) is 10.2 Å². The number of ether oxygens (including phenoxy) is 1. The second kappa shape index (κ2) is 10.2. The molecule has 0 radical (unpaired) electrons. The van der Waals surface area contributed by atoms with E-state index in [1.54, 1.807) is 24.3 Å². The third-order valence-corrected chi connectivity index (χ3v) is 4.98. The molecule has 3 rings (SSSR count). The topological polar surface area (TPSA) is 99.1 Å². The lowest BCUT2D eigenvalue weighted by molar-refractivity contribution is -0.139. The van der Waals surface area contributed by atoms with Crippen LogP contribution < -0.4 is 10.1 Å². The summed E-state index contributed by atoms with van der Waals surface area (Å²) in [6.07, 6.45) is 0. The van der Waals surface area contributed by atoms with Gasteiger partial charge in [0.15, 0.2) is 0 Å². The van der Waals surface area contributed by atoms with Gasteiger partial charge in [0.2, 0.25) is 0 Å². The van der Waals surface area contributed by atoms with E-state index in [0.29, 0.717) is 31.0 Å². The van der Waals surface area contributed by atoms with Crippen LogP contribution >= 0.6 is 0 Å². The van der Waals surface area contributed by atoms with Gasteiger partial charge >= 0.3 is 0 Å². The molecule has 1 atom stereocenters. The minimum atomic E-state index is -0.809. The monoisotopic (exact) mass is 428 g/mol. The number of likely N-dealkylation sites (tertiary alicyclic amines) is 1. The normalized spacial score (nSPS) is 17.9. The molecule has 1 heterocycles. The number of benzene rings is 2. The maximum Gasteiger partial charge on any atom is 0.295 e. The van der Waals surface area contributed by atoms with E-state index in [9.17, 15) is 19.1 Å². The van der Waals surface area contributed by atoms with Gasteiger partial charge in [0.25, 0.3) is 11.7 Å². The molecule has 0 aliphatic carbocycles. The van der Waals surface area contributed by atoms with Crippen LogP contribution in [0.3, 0.4) is 0 Å². The molecule has 31 heavy (non-hydrogen) atoms. The minimum Gasteiger partial charge on any atom is -0.507 e. The standard InChI is InChI=1S/C23H25FN2O5/c1-2-31-18-9-5-15(6-10-18)20-19(21(28)16-3-7-17(24)8-4-16)22(29)23(30)26(20)13-11-25-12-14-27/h3-10,20,25,27-28H,2,11-14H2,1H3/t20-/m1/s1. The highest BCUT2D eigenvalue weighted by atomic mass is 19.1. The highest BCUT2D eigenvalue weighted by molar-refractivity contribution is 6.46. The molecule has 0 saturated carbocycles. The molecule has 0 spiro atoms. The lowest BCUT2D eigenvalue weighted by Crippen LogP contribution is -2.36. The molecule has 1 aliphatic heterocycles. The van der Waals surface area contributed by atoms with Gasteiger partial charge in [0.1, 0.15) is 17.3 Å². The van der Waals surface area contributed by atoms with Crippen molar-refractivity contribution in [1.29, 1.82) is 0 Å². The fourth-order valence-electron chi connectivity index (χ4n) is 3.54. The number of ketones is 1. The van der Waals surface area contributed by atoms with Crippen molar-refractivity contribution in [2.24, 2.45) is 0 Å². The summed E-state index contributed by atoms with van der Waals surface area (Å²) in [6, 6.07) is 11.2. The number of amides is 1. The molecular formula is C23H25FN2O5. The molecule has 7 nitrogen and oxygen atoms in total. The third-order valence-electron chi connectivity index (χ3n) is 4.98. The highest BCUT2D eigenvalue weighted by Gasteiger charge is 2.45. The predicted octanol–water partition coefficient (Wildman–Crippen LogP) is 2.23. The second-order valence-electron chi connectivity index (χ2n) is 6.98. The Morgan fingerprint density at radius 2 is 1.77 bits per heavy atom. The average molecular weight is 428 g/mol. The number of aliphatic hydroxyl groups excluding tert-OH is 2. The summed E-state index contributed by atoms with van der Waals surface area (Å²) in [7, 11) is 0. The Morgan fingerprint density at radius 1 is 1.10 bits per heavy atom. The molecule has 164 valence electrons. The molecule has 1 amide bonds. The first-order valence-electron chi connectivity index (χ1n) is 10.1. The van der Waals surface area contributed by atoms with Crippen LogP contribution in [0.1, 0.15) is 24.1 Å². The zero-order chi connectivity index (χ0) is 22.4. The molecular weight excluding hydrogens is 403 g/mol. The Bertz CT molecular complexity index is 957. The summed E-state index contributed by atoms with van der Waals surface area (Å²) in [6.45, 7) is 3.23. The van der Waals surface area contributed by atoms with Gasteiger partial charge in [-0.15, -0.1) is 0 Å². The van der Waals surface area contributed by atoms with E-state index < -0.39 is 23.5 Å². The van der Waals surface area contributed by atoms with Crippen LogP contribution in [0, 0.1) is 5.82 Å². The maximum absolute atomic E-state index is 13.3. The van der Waals surface area contributed by atoms with Gasteiger partial charge in [-0.3, -0.25) is 9.59 Å². The number of Topliss-reactive ketones (excluding diaryl/α,β-unsaturated/α-hetero) is 1. The number of aliphatic hydroxyl groups is 2. The summed E-state index contributed by atoms with van der Waals surface area (Å²) < 4.78 is 18.8. The predicted molar refractivity (Wildman–Crippen MR) is 113 cm³/mol. The zero-order valence-corrected chi connectivity index (χ0v) is 17.2. The van der Waals surface area contributed by atoms with Gasteiger partial charge in [-0.1, -0.05) is 12.1 Å². The van der Waals surface area contributed by atoms with Gasteiger partial charge in [0.05, 0.1) is 24.8 Å². The van der Waals surface area contributed by atoms with E-state index >= 15 is 0 Å². The van der Waals surface area contributed by atoms with Crippen LogP contribution in [0.4, 0.5) is 4.39 Å². The SMILES string of the molecule is CCOc1ccc([C@@H]2C(=C(O)c3ccc(F)cc3)C(=O)C(=O)N2CCNCCO)cc1. The number of halogens is 1. The van der Waals surface area contributed by atoms with Crippen molar-refractivity contribution in [3.8, 4) is 5.75 Å². The summed E-state index contributed by atoms with van der Waals surface area (Å²) >= 11 is 0. The first kappa shape index (κ1) is 22.5. The highest BCUT2D eigenvalue weighted by Crippen LogP contribution is 2.39. The first-order valence-corrected chi connectivity index (χ1v) is 10.1. The zero-order valence-electron chi connectivity index (χ0n) is 17.2. The molecule has 2 aromatic carbocycles. The van der Waals surface area contributed by atoms with Crippen LogP contribution in [0.15, 0.2) is 54.1 Å². The number of hydrogen-bond acceptors (Lipinski definition) is 6. The first-order chi connectivity index (χ1) is 15.0. The van der Waals surface area contributed by atoms with E-state index in [1.165, 1.54) is 29.2 Å². The Balaban J connectivity index is 2.03. The van der Waals surface area contributed by atoms with Gasteiger partial charge in [-0.05, 0) is 48.9 Å². The molecule has 0 aromatic heterocycles. The molecule has 1 aliphatic rings.